The number of nitrogens with zero attached hydrogens (tertiary/aromatic N) is 1. The fourth-order valence-electron chi connectivity index (χ4n) is 4.50. The van der Waals surface area contributed by atoms with E-state index in [9.17, 15) is 4.79 Å². The molecule has 2 aromatic carbocycles. The number of hydrogen-bond donors (Lipinski definition) is 0. The summed E-state index contributed by atoms with van der Waals surface area (Å²) >= 11 is 6.52. The van der Waals surface area contributed by atoms with E-state index < -0.39 is 0 Å². The first-order valence-electron chi connectivity index (χ1n) is 10.5. The molecule has 1 unspecified atom stereocenters. The van der Waals surface area contributed by atoms with Crippen molar-refractivity contribution in [3.63, 3.8) is 0 Å². The average Bonchev–Trinajstić information content (AvgIpc) is 3.10. The molecule has 1 heterocycles. The molecule has 0 radical (unpaired) electrons. The predicted molar refractivity (Wildman–Crippen MR) is 113 cm³/mol. The Labute approximate surface area is 172 Å². The van der Waals surface area contributed by atoms with Crippen molar-refractivity contribution in [1.82, 2.24) is 4.90 Å². The zero-order chi connectivity index (χ0) is 19.3. The van der Waals surface area contributed by atoms with Crippen molar-refractivity contribution in [2.45, 2.75) is 57.6 Å². The van der Waals surface area contributed by atoms with Gasteiger partial charge in [-0.2, -0.15) is 0 Å². The maximum absolute atomic E-state index is 12.9. The quantitative estimate of drug-likeness (QED) is 0.631. The molecule has 1 atom stereocenters. The Morgan fingerprint density at radius 2 is 1.79 bits per heavy atom. The van der Waals surface area contributed by atoms with E-state index in [4.69, 9.17) is 16.3 Å². The van der Waals surface area contributed by atoms with Crippen LogP contribution in [-0.2, 0) is 17.8 Å². The van der Waals surface area contributed by atoms with Crippen LogP contribution in [0.2, 0.25) is 5.02 Å². The topological polar surface area (TPSA) is 29.5 Å². The summed E-state index contributed by atoms with van der Waals surface area (Å²) in [4.78, 5) is 15.1. The van der Waals surface area contributed by atoms with Gasteiger partial charge in [-0.1, -0.05) is 67.3 Å². The lowest BCUT2D eigenvalue weighted by atomic mass is 9.94. The van der Waals surface area contributed by atoms with E-state index >= 15 is 0 Å². The first-order valence-corrected chi connectivity index (χ1v) is 10.8. The fourth-order valence-corrected chi connectivity index (χ4v) is 4.75. The molecule has 1 aliphatic heterocycles. The fraction of sp³-hybridized carbons (Fsp3) is 0.458. The number of benzene rings is 2. The summed E-state index contributed by atoms with van der Waals surface area (Å²) in [5.74, 6) is 1.15. The highest BCUT2D eigenvalue weighted by atomic mass is 35.5. The highest BCUT2D eigenvalue weighted by Crippen LogP contribution is 2.32. The third kappa shape index (κ3) is 4.52. The highest BCUT2D eigenvalue weighted by Gasteiger charge is 2.36. The van der Waals surface area contributed by atoms with Crippen molar-refractivity contribution in [2.75, 3.05) is 6.54 Å². The highest BCUT2D eigenvalue weighted by molar-refractivity contribution is 6.31. The lowest BCUT2D eigenvalue weighted by Crippen LogP contribution is -2.39. The summed E-state index contributed by atoms with van der Waals surface area (Å²) in [6, 6.07) is 16.4. The van der Waals surface area contributed by atoms with Crippen LogP contribution in [0.25, 0.3) is 0 Å². The van der Waals surface area contributed by atoms with Gasteiger partial charge in [-0.05, 0) is 48.9 Å². The Morgan fingerprint density at radius 1 is 1.00 bits per heavy atom. The number of likely N-dealkylation sites (tertiary alicyclic amines) is 1. The minimum atomic E-state index is 0.0653. The molecular formula is C24H28ClNO2. The van der Waals surface area contributed by atoms with Crippen molar-refractivity contribution in [2.24, 2.45) is 5.92 Å². The molecule has 1 saturated heterocycles. The van der Waals surface area contributed by atoms with Crippen molar-refractivity contribution in [1.29, 1.82) is 0 Å². The van der Waals surface area contributed by atoms with Crippen LogP contribution in [0.4, 0.5) is 0 Å². The number of amides is 1. The van der Waals surface area contributed by atoms with Gasteiger partial charge in [0.2, 0.25) is 5.91 Å². The van der Waals surface area contributed by atoms with Crippen LogP contribution in [0.5, 0.6) is 5.75 Å². The van der Waals surface area contributed by atoms with Crippen molar-refractivity contribution < 1.29 is 9.53 Å². The summed E-state index contributed by atoms with van der Waals surface area (Å²) in [5.41, 5.74) is 2.17. The molecule has 4 heteroatoms. The second-order valence-corrected chi connectivity index (χ2v) is 8.45. The second-order valence-electron chi connectivity index (χ2n) is 8.04. The van der Waals surface area contributed by atoms with Crippen LogP contribution in [0.1, 0.15) is 49.7 Å². The van der Waals surface area contributed by atoms with E-state index in [0.29, 0.717) is 23.6 Å². The monoisotopic (exact) mass is 397 g/mol. The van der Waals surface area contributed by atoms with Gasteiger partial charge >= 0.3 is 0 Å². The first-order chi connectivity index (χ1) is 13.7. The minimum absolute atomic E-state index is 0.0653. The third-order valence-electron chi connectivity index (χ3n) is 6.11. The molecule has 0 spiro atoms. The molecule has 2 aromatic rings. The summed E-state index contributed by atoms with van der Waals surface area (Å²) in [5, 5.41) is 0.689. The van der Waals surface area contributed by atoms with Gasteiger partial charge in [0, 0.05) is 23.5 Å². The summed E-state index contributed by atoms with van der Waals surface area (Å²) in [6.07, 6.45) is 7.85. The van der Waals surface area contributed by atoms with Crippen LogP contribution >= 0.6 is 11.6 Å². The maximum Gasteiger partial charge on any atom is 0.226 e. The summed E-state index contributed by atoms with van der Waals surface area (Å²) in [7, 11) is 0. The van der Waals surface area contributed by atoms with Gasteiger partial charge in [-0.15, -0.1) is 0 Å². The van der Waals surface area contributed by atoms with Crippen LogP contribution in [0.3, 0.4) is 0 Å². The Morgan fingerprint density at radius 3 is 2.54 bits per heavy atom. The van der Waals surface area contributed by atoms with Crippen molar-refractivity contribution in [3.05, 3.63) is 64.7 Å². The van der Waals surface area contributed by atoms with Crippen molar-refractivity contribution in [3.8, 4) is 5.75 Å². The van der Waals surface area contributed by atoms with Crippen LogP contribution in [-0.4, -0.2) is 23.4 Å². The average molecular weight is 398 g/mol. The van der Waals surface area contributed by atoms with Crippen LogP contribution < -0.4 is 4.74 Å². The standard InChI is InChI=1S/C24H28ClNO2/c25-23-16-22(28-17-18-7-3-1-4-8-18)12-11-19(23)15-20-13-14-26(24(20)27)21-9-5-2-6-10-21/h1,3-4,7-8,11-12,16,20-21H,2,5-6,9-10,13-15,17H2. The normalized spacial score (nSPS) is 20.5. The van der Waals surface area contributed by atoms with Gasteiger partial charge in [0.15, 0.2) is 0 Å². The Bertz CT molecular complexity index is 802. The molecule has 2 aliphatic rings. The van der Waals surface area contributed by atoms with E-state index in [1.165, 1.54) is 32.1 Å². The SMILES string of the molecule is O=C1C(Cc2ccc(OCc3ccccc3)cc2Cl)CCN1C1CCCCC1. The van der Waals surface area contributed by atoms with Gasteiger partial charge in [0.05, 0.1) is 0 Å². The smallest absolute Gasteiger partial charge is 0.226 e. The lowest BCUT2D eigenvalue weighted by Gasteiger charge is -2.31. The van der Waals surface area contributed by atoms with Gasteiger partial charge in [-0.3, -0.25) is 4.79 Å². The van der Waals surface area contributed by atoms with Gasteiger partial charge in [-0.25, -0.2) is 0 Å². The van der Waals surface area contributed by atoms with Crippen LogP contribution in [0, 0.1) is 5.92 Å². The molecule has 4 rings (SSSR count). The van der Waals surface area contributed by atoms with E-state index in [1.807, 2.05) is 48.5 Å². The second kappa shape index (κ2) is 9.00. The van der Waals surface area contributed by atoms with E-state index in [-0.39, 0.29) is 5.92 Å². The predicted octanol–water partition coefficient (Wildman–Crippen LogP) is 5.64. The number of rotatable bonds is 6. The first kappa shape index (κ1) is 19.3. The summed E-state index contributed by atoms with van der Waals surface area (Å²) in [6.45, 7) is 1.43. The Hall–Kier alpha value is -2.00. The van der Waals surface area contributed by atoms with Gasteiger partial charge in [0.1, 0.15) is 12.4 Å². The molecule has 3 nitrogen and oxygen atoms in total. The number of carbonyl (C=O) groups is 1. The van der Waals surface area contributed by atoms with E-state index in [1.54, 1.807) is 0 Å². The molecular weight excluding hydrogens is 370 g/mol. The largest absolute Gasteiger partial charge is 0.489 e. The molecule has 0 bridgehead atoms. The zero-order valence-electron chi connectivity index (χ0n) is 16.3. The molecule has 1 saturated carbocycles. The number of hydrogen-bond acceptors (Lipinski definition) is 2. The molecule has 1 amide bonds. The number of ether oxygens (including phenoxy) is 1. The molecule has 0 aromatic heterocycles. The lowest BCUT2D eigenvalue weighted by molar-refractivity contribution is -0.133. The third-order valence-corrected chi connectivity index (χ3v) is 6.46. The Kier molecular flexibility index (Phi) is 6.21. The van der Waals surface area contributed by atoms with Crippen LogP contribution in [0.15, 0.2) is 48.5 Å². The molecule has 1 aliphatic carbocycles. The molecule has 28 heavy (non-hydrogen) atoms. The van der Waals surface area contributed by atoms with E-state index in [0.717, 1.165) is 36.3 Å². The van der Waals surface area contributed by atoms with Gasteiger partial charge < -0.3 is 9.64 Å². The number of halogens is 1. The molecule has 148 valence electrons. The maximum atomic E-state index is 12.9. The molecule has 0 N–H and O–H groups in total. The Balaban J connectivity index is 1.35. The zero-order valence-corrected chi connectivity index (χ0v) is 17.0. The number of carbonyl (C=O) groups excluding carboxylic acids is 1. The minimum Gasteiger partial charge on any atom is -0.489 e. The molecule has 2 fully saturated rings. The van der Waals surface area contributed by atoms with E-state index in [2.05, 4.69) is 4.90 Å². The van der Waals surface area contributed by atoms with Gasteiger partial charge in [0.25, 0.3) is 0 Å². The van der Waals surface area contributed by atoms with Crippen molar-refractivity contribution >= 4 is 17.5 Å². The summed E-state index contributed by atoms with van der Waals surface area (Å²) < 4.78 is 5.86.